The van der Waals surface area contributed by atoms with Crippen LogP contribution in [0.1, 0.15) is 67.1 Å². The van der Waals surface area contributed by atoms with E-state index in [4.69, 9.17) is 0 Å². The molecule has 1 heterocycles. The molecule has 29 heavy (non-hydrogen) atoms. The maximum absolute atomic E-state index is 12.6. The van der Waals surface area contributed by atoms with Gasteiger partial charge in [0.1, 0.15) is 0 Å². The van der Waals surface area contributed by atoms with Gasteiger partial charge in [-0.15, -0.1) is 11.3 Å². The first-order valence-electron chi connectivity index (χ1n) is 9.42. The Labute approximate surface area is 176 Å². The Balaban J connectivity index is 2.07. The maximum atomic E-state index is 12.6. The van der Waals surface area contributed by atoms with E-state index in [9.17, 15) is 14.4 Å². The van der Waals surface area contributed by atoms with Crippen molar-refractivity contribution < 1.29 is 14.4 Å². The van der Waals surface area contributed by atoms with E-state index in [1.165, 1.54) is 11.3 Å². The minimum Gasteiger partial charge on any atom is -0.347 e. The van der Waals surface area contributed by atoms with E-state index in [1.807, 2.05) is 48.5 Å². The zero-order chi connectivity index (χ0) is 22.0. The van der Waals surface area contributed by atoms with Gasteiger partial charge in [0.25, 0.3) is 11.8 Å². The highest BCUT2D eigenvalue weighted by Crippen LogP contribution is 2.29. The quantitative estimate of drug-likeness (QED) is 0.669. The zero-order valence-electron chi connectivity index (χ0n) is 18.0. The number of anilines is 2. The van der Waals surface area contributed by atoms with Crippen LogP contribution >= 0.6 is 11.3 Å². The van der Waals surface area contributed by atoms with Crippen LogP contribution in [0.2, 0.25) is 0 Å². The molecule has 0 saturated carbocycles. The van der Waals surface area contributed by atoms with E-state index in [2.05, 4.69) is 16.0 Å². The van der Waals surface area contributed by atoms with Gasteiger partial charge in [-0.05, 0) is 63.6 Å². The van der Waals surface area contributed by atoms with Crippen LogP contribution in [0.5, 0.6) is 0 Å². The van der Waals surface area contributed by atoms with Gasteiger partial charge in [-0.25, -0.2) is 0 Å². The van der Waals surface area contributed by atoms with Crippen molar-refractivity contribution in [3.63, 3.8) is 0 Å². The molecule has 1 aromatic carbocycles. The van der Waals surface area contributed by atoms with Gasteiger partial charge >= 0.3 is 0 Å². The number of aryl methyl sites for hydroxylation is 1. The summed E-state index contributed by atoms with van der Waals surface area (Å²) in [6.45, 7) is 13.1. The SMILES string of the molecule is Cc1cc(NC(=O)C(C)(C)C)sc1C(=O)Nc1ccc(C(=O)NC(C)(C)C)cc1. The van der Waals surface area contributed by atoms with E-state index in [1.54, 1.807) is 30.3 Å². The lowest BCUT2D eigenvalue weighted by Gasteiger charge is -2.20. The number of rotatable bonds is 4. The second kappa shape index (κ2) is 8.37. The van der Waals surface area contributed by atoms with Crippen molar-refractivity contribution in [1.29, 1.82) is 0 Å². The van der Waals surface area contributed by atoms with Gasteiger partial charge in [0, 0.05) is 22.2 Å². The molecule has 0 aliphatic carbocycles. The fourth-order valence-electron chi connectivity index (χ4n) is 2.37. The molecular formula is C22H29N3O3S. The molecule has 156 valence electrons. The molecule has 0 saturated heterocycles. The van der Waals surface area contributed by atoms with Crippen LogP contribution in [0.4, 0.5) is 10.7 Å². The largest absolute Gasteiger partial charge is 0.347 e. The first kappa shape index (κ1) is 22.6. The summed E-state index contributed by atoms with van der Waals surface area (Å²) in [6, 6.07) is 8.53. The normalized spacial score (nSPS) is 11.7. The molecule has 0 atom stereocenters. The zero-order valence-corrected chi connectivity index (χ0v) is 18.8. The Bertz CT molecular complexity index is 916. The molecule has 0 aliphatic rings. The van der Waals surface area contributed by atoms with E-state index in [0.29, 0.717) is 21.1 Å². The highest BCUT2D eigenvalue weighted by atomic mass is 32.1. The third-order valence-corrected chi connectivity index (χ3v) is 5.09. The second-order valence-corrected chi connectivity index (χ2v) is 10.1. The van der Waals surface area contributed by atoms with Crippen LogP contribution in [0.25, 0.3) is 0 Å². The summed E-state index contributed by atoms with van der Waals surface area (Å²) in [7, 11) is 0. The Morgan fingerprint density at radius 2 is 1.45 bits per heavy atom. The smallest absolute Gasteiger partial charge is 0.266 e. The maximum Gasteiger partial charge on any atom is 0.266 e. The predicted molar refractivity (Wildman–Crippen MR) is 119 cm³/mol. The summed E-state index contributed by atoms with van der Waals surface area (Å²) in [5.41, 5.74) is 1.08. The van der Waals surface area contributed by atoms with E-state index < -0.39 is 5.41 Å². The van der Waals surface area contributed by atoms with Crippen LogP contribution in [-0.4, -0.2) is 23.3 Å². The highest BCUT2D eigenvalue weighted by molar-refractivity contribution is 7.18. The van der Waals surface area contributed by atoms with Gasteiger partial charge in [-0.3, -0.25) is 14.4 Å². The van der Waals surface area contributed by atoms with Crippen molar-refractivity contribution in [2.45, 2.75) is 54.0 Å². The number of benzene rings is 1. The van der Waals surface area contributed by atoms with Gasteiger partial charge < -0.3 is 16.0 Å². The van der Waals surface area contributed by atoms with Crippen LogP contribution in [0.3, 0.4) is 0 Å². The fraction of sp³-hybridized carbons (Fsp3) is 0.409. The molecule has 3 amide bonds. The first-order chi connectivity index (χ1) is 13.3. The summed E-state index contributed by atoms with van der Waals surface area (Å²) in [5, 5.41) is 9.23. The van der Waals surface area contributed by atoms with Gasteiger partial charge in [0.05, 0.1) is 9.88 Å². The molecule has 0 unspecified atom stereocenters. The van der Waals surface area contributed by atoms with E-state index >= 15 is 0 Å². The highest BCUT2D eigenvalue weighted by Gasteiger charge is 2.23. The van der Waals surface area contributed by atoms with Crippen molar-refractivity contribution >= 4 is 39.7 Å². The Morgan fingerprint density at radius 3 is 1.97 bits per heavy atom. The molecule has 0 radical (unpaired) electrons. The van der Waals surface area contributed by atoms with Gasteiger partial charge in [-0.1, -0.05) is 20.8 Å². The first-order valence-corrected chi connectivity index (χ1v) is 10.2. The lowest BCUT2D eigenvalue weighted by Crippen LogP contribution is -2.40. The summed E-state index contributed by atoms with van der Waals surface area (Å²) in [5.74, 6) is -0.519. The Kier molecular flexibility index (Phi) is 6.53. The molecule has 6 nitrogen and oxygen atoms in total. The number of carbonyl (C=O) groups is 3. The molecular weight excluding hydrogens is 386 g/mol. The second-order valence-electron chi connectivity index (χ2n) is 9.06. The molecule has 0 spiro atoms. The molecule has 7 heteroatoms. The van der Waals surface area contributed by atoms with Crippen LogP contribution in [-0.2, 0) is 4.79 Å². The van der Waals surface area contributed by atoms with Gasteiger partial charge in [0.2, 0.25) is 5.91 Å². The lowest BCUT2D eigenvalue weighted by atomic mass is 9.96. The number of hydrogen-bond donors (Lipinski definition) is 3. The number of nitrogens with one attached hydrogen (secondary N) is 3. The molecule has 2 aromatic rings. The molecule has 0 aliphatic heterocycles. The third-order valence-electron chi connectivity index (χ3n) is 3.94. The monoisotopic (exact) mass is 415 g/mol. The van der Waals surface area contributed by atoms with Crippen molar-refractivity contribution in [3.8, 4) is 0 Å². The molecule has 1 aromatic heterocycles. The predicted octanol–water partition coefficient (Wildman–Crippen LogP) is 4.82. The number of carbonyl (C=O) groups excluding carboxylic acids is 3. The average molecular weight is 416 g/mol. The van der Waals surface area contributed by atoms with Crippen LogP contribution in [0, 0.1) is 12.3 Å². The topological polar surface area (TPSA) is 87.3 Å². The van der Waals surface area contributed by atoms with E-state index in [0.717, 1.165) is 5.56 Å². The van der Waals surface area contributed by atoms with Gasteiger partial charge in [0.15, 0.2) is 0 Å². The van der Waals surface area contributed by atoms with Crippen molar-refractivity contribution in [2.75, 3.05) is 10.6 Å². The third kappa shape index (κ3) is 6.42. The summed E-state index contributed by atoms with van der Waals surface area (Å²) < 4.78 is 0. The van der Waals surface area contributed by atoms with E-state index in [-0.39, 0.29) is 23.3 Å². The van der Waals surface area contributed by atoms with Crippen molar-refractivity contribution in [2.24, 2.45) is 5.41 Å². The van der Waals surface area contributed by atoms with Crippen molar-refractivity contribution in [1.82, 2.24) is 5.32 Å². The molecule has 3 N–H and O–H groups in total. The molecule has 2 rings (SSSR count). The minimum absolute atomic E-state index is 0.102. The standard InChI is InChI=1S/C22H29N3O3S/c1-13-12-16(24-20(28)21(2,3)4)29-17(13)19(27)23-15-10-8-14(9-11-15)18(26)25-22(5,6)7/h8-12H,1-7H3,(H,23,27)(H,24,28)(H,25,26). The number of thiophene rings is 1. The summed E-state index contributed by atoms with van der Waals surface area (Å²) >= 11 is 1.24. The summed E-state index contributed by atoms with van der Waals surface area (Å²) in [6.07, 6.45) is 0. The minimum atomic E-state index is -0.513. The number of amides is 3. The van der Waals surface area contributed by atoms with Crippen LogP contribution < -0.4 is 16.0 Å². The van der Waals surface area contributed by atoms with Crippen LogP contribution in [0.15, 0.2) is 30.3 Å². The van der Waals surface area contributed by atoms with Crippen molar-refractivity contribution in [3.05, 3.63) is 46.3 Å². The average Bonchev–Trinajstić information content (AvgIpc) is 2.93. The molecule has 0 bridgehead atoms. The summed E-state index contributed by atoms with van der Waals surface area (Å²) in [4.78, 5) is 37.5. The Morgan fingerprint density at radius 1 is 0.862 bits per heavy atom. The lowest BCUT2D eigenvalue weighted by molar-refractivity contribution is -0.123. The molecule has 0 fully saturated rings. The fourth-order valence-corrected chi connectivity index (χ4v) is 3.34. The Hall–Kier alpha value is -2.67. The van der Waals surface area contributed by atoms with Gasteiger partial charge in [-0.2, -0.15) is 0 Å². The number of hydrogen-bond acceptors (Lipinski definition) is 4.